The molecule has 0 aliphatic rings. The maximum atomic E-state index is 10.4. The number of non-ortho nitro benzene ring substituents is 1. The summed E-state index contributed by atoms with van der Waals surface area (Å²) in [5, 5.41) is 27.3. The van der Waals surface area contributed by atoms with E-state index in [9.17, 15) is 10.1 Å². The molecular weight excluding hydrogens is 218 g/mol. The summed E-state index contributed by atoms with van der Waals surface area (Å²) in [6.45, 7) is 0. The van der Waals surface area contributed by atoms with E-state index in [1.54, 1.807) is 36.4 Å². The average molecular weight is 225 g/mol. The molecule has 0 N–H and O–H groups in total. The summed E-state index contributed by atoms with van der Waals surface area (Å²) in [5.41, 5.74) is 0.776. The summed E-state index contributed by atoms with van der Waals surface area (Å²) in [6.07, 6.45) is 4.57. The molecule has 0 spiro atoms. The van der Waals surface area contributed by atoms with E-state index < -0.39 is 4.92 Å². The van der Waals surface area contributed by atoms with Crippen molar-refractivity contribution in [2.75, 3.05) is 0 Å². The van der Waals surface area contributed by atoms with E-state index in [-0.39, 0.29) is 11.3 Å². The van der Waals surface area contributed by atoms with Gasteiger partial charge in [-0.1, -0.05) is 12.2 Å². The first-order valence-corrected chi connectivity index (χ1v) is 4.60. The largest absolute Gasteiger partial charge is 0.269 e. The number of hydrogen-bond acceptors (Lipinski definition) is 4. The fourth-order valence-electron chi connectivity index (χ4n) is 1.06. The number of nitro benzene ring substituents is 1. The zero-order valence-electron chi connectivity index (χ0n) is 8.70. The molecule has 0 saturated heterocycles. The van der Waals surface area contributed by atoms with Gasteiger partial charge in [-0.05, 0) is 23.8 Å². The second-order valence-corrected chi connectivity index (χ2v) is 3.01. The normalized spacial score (nSPS) is 9.29. The number of rotatable bonds is 3. The number of hydrogen-bond donors (Lipinski definition) is 0. The van der Waals surface area contributed by atoms with Crippen molar-refractivity contribution in [3.05, 3.63) is 57.7 Å². The number of nitriles is 2. The lowest BCUT2D eigenvalue weighted by Gasteiger charge is -1.92. The van der Waals surface area contributed by atoms with E-state index in [1.165, 1.54) is 18.2 Å². The molecule has 0 aliphatic heterocycles. The molecule has 17 heavy (non-hydrogen) atoms. The quantitative estimate of drug-likeness (QED) is 0.342. The lowest BCUT2D eigenvalue weighted by Crippen LogP contribution is -1.86. The van der Waals surface area contributed by atoms with Crippen molar-refractivity contribution in [2.24, 2.45) is 0 Å². The Bertz CT molecular complexity index is 541. The second kappa shape index (κ2) is 5.84. The van der Waals surface area contributed by atoms with Gasteiger partial charge < -0.3 is 0 Å². The van der Waals surface area contributed by atoms with Gasteiger partial charge in [0.2, 0.25) is 0 Å². The van der Waals surface area contributed by atoms with Crippen molar-refractivity contribution in [3.63, 3.8) is 0 Å². The number of nitro groups is 1. The van der Waals surface area contributed by atoms with Gasteiger partial charge in [-0.15, -0.1) is 0 Å². The number of allylic oxidation sites excluding steroid dienone is 3. The fourth-order valence-corrected chi connectivity index (χ4v) is 1.06. The van der Waals surface area contributed by atoms with Crippen LogP contribution in [0.4, 0.5) is 5.69 Å². The Balaban J connectivity index is 2.81. The molecule has 1 aromatic rings. The maximum absolute atomic E-state index is 10.4. The molecule has 82 valence electrons. The zero-order chi connectivity index (χ0) is 12.7. The van der Waals surface area contributed by atoms with Gasteiger partial charge in [-0.2, -0.15) is 10.5 Å². The molecule has 1 aromatic carbocycles. The minimum absolute atomic E-state index is 0.00293. The summed E-state index contributed by atoms with van der Waals surface area (Å²) in [4.78, 5) is 9.92. The molecule has 5 nitrogen and oxygen atoms in total. The molecule has 5 heteroatoms. The predicted octanol–water partition coefficient (Wildman–Crippen LogP) is 2.58. The van der Waals surface area contributed by atoms with Crippen LogP contribution in [0.25, 0.3) is 6.08 Å². The molecule has 0 unspecified atom stereocenters. The Morgan fingerprint density at radius 3 is 2.29 bits per heavy atom. The van der Waals surface area contributed by atoms with E-state index in [2.05, 4.69) is 0 Å². The maximum Gasteiger partial charge on any atom is 0.269 e. The minimum Gasteiger partial charge on any atom is -0.258 e. The van der Waals surface area contributed by atoms with E-state index in [0.717, 1.165) is 5.56 Å². The molecule has 0 amide bonds. The van der Waals surface area contributed by atoms with Crippen LogP contribution in [0.5, 0.6) is 0 Å². The Morgan fingerprint density at radius 1 is 1.24 bits per heavy atom. The molecular formula is C12H7N3O2. The molecule has 0 aromatic heterocycles. The highest BCUT2D eigenvalue weighted by atomic mass is 16.6. The predicted molar refractivity (Wildman–Crippen MR) is 61.4 cm³/mol. The topological polar surface area (TPSA) is 90.7 Å². The molecule has 0 heterocycles. The summed E-state index contributed by atoms with van der Waals surface area (Å²) < 4.78 is 0. The third-order valence-electron chi connectivity index (χ3n) is 1.90. The van der Waals surface area contributed by atoms with Crippen molar-refractivity contribution >= 4 is 11.8 Å². The molecule has 1 rings (SSSR count). The zero-order valence-corrected chi connectivity index (χ0v) is 8.70. The highest BCUT2D eigenvalue weighted by Gasteiger charge is 2.01. The highest BCUT2D eigenvalue weighted by Crippen LogP contribution is 2.12. The second-order valence-electron chi connectivity index (χ2n) is 3.01. The summed E-state index contributed by atoms with van der Waals surface area (Å²) in [7, 11) is 0. The molecule has 0 aliphatic carbocycles. The summed E-state index contributed by atoms with van der Waals surface area (Å²) in [6, 6.07) is 9.39. The first-order chi connectivity index (χ1) is 8.17. The summed E-state index contributed by atoms with van der Waals surface area (Å²) in [5.74, 6) is 0. The fraction of sp³-hybridized carbons (Fsp3) is 0. The highest BCUT2D eigenvalue weighted by molar-refractivity contribution is 5.54. The molecule has 0 atom stereocenters. The first kappa shape index (κ1) is 12.2. The van der Waals surface area contributed by atoms with Gasteiger partial charge in [0.25, 0.3) is 5.69 Å². The van der Waals surface area contributed by atoms with Crippen LogP contribution in [0.3, 0.4) is 0 Å². The Kier molecular flexibility index (Phi) is 4.17. The van der Waals surface area contributed by atoms with Crippen molar-refractivity contribution in [3.8, 4) is 12.1 Å². The Morgan fingerprint density at radius 2 is 1.82 bits per heavy atom. The van der Waals surface area contributed by atoms with Crippen LogP contribution in [-0.4, -0.2) is 4.92 Å². The number of nitrogens with zero attached hydrogens (tertiary/aromatic N) is 3. The van der Waals surface area contributed by atoms with Gasteiger partial charge in [0.1, 0.15) is 17.7 Å². The van der Waals surface area contributed by atoms with Crippen LogP contribution in [0.15, 0.2) is 42.0 Å². The minimum atomic E-state index is -0.475. The van der Waals surface area contributed by atoms with Crippen molar-refractivity contribution in [1.29, 1.82) is 10.5 Å². The third kappa shape index (κ3) is 3.61. The SMILES string of the molecule is N#CC(C#N)=C/C=C/c1ccc([N+](=O)[O-])cc1. The number of benzene rings is 1. The lowest BCUT2D eigenvalue weighted by atomic mass is 10.2. The van der Waals surface area contributed by atoms with Gasteiger partial charge in [0.15, 0.2) is 0 Å². The van der Waals surface area contributed by atoms with Gasteiger partial charge in [0, 0.05) is 12.1 Å². The van der Waals surface area contributed by atoms with Gasteiger partial charge in [-0.25, -0.2) is 0 Å². The molecule has 0 fully saturated rings. The first-order valence-electron chi connectivity index (χ1n) is 4.60. The van der Waals surface area contributed by atoms with Gasteiger partial charge >= 0.3 is 0 Å². The van der Waals surface area contributed by atoms with Crippen LogP contribution < -0.4 is 0 Å². The van der Waals surface area contributed by atoms with Crippen LogP contribution in [0.1, 0.15) is 5.56 Å². The Labute approximate surface area is 97.7 Å². The van der Waals surface area contributed by atoms with Crippen LogP contribution in [0, 0.1) is 32.8 Å². The standard InChI is InChI=1S/C12H7N3O2/c13-8-11(9-14)3-1-2-10-4-6-12(7-5-10)15(16)17/h1-7H/b2-1+. The van der Waals surface area contributed by atoms with Crippen LogP contribution >= 0.6 is 0 Å². The van der Waals surface area contributed by atoms with Crippen molar-refractivity contribution in [2.45, 2.75) is 0 Å². The van der Waals surface area contributed by atoms with Crippen LogP contribution in [-0.2, 0) is 0 Å². The molecule has 0 bridgehead atoms. The van der Waals surface area contributed by atoms with Crippen LogP contribution in [0.2, 0.25) is 0 Å². The summed E-state index contributed by atoms with van der Waals surface area (Å²) >= 11 is 0. The lowest BCUT2D eigenvalue weighted by molar-refractivity contribution is -0.384. The van der Waals surface area contributed by atoms with Gasteiger partial charge in [0.05, 0.1) is 4.92 Å². The van der Waals surface area contributed by atoms with E-state index in [1.807, 2.05) is 0 Å². The van der Waals surface area contributed by atoms with E-state index >= 15 is 0 Å². The van der Waals surface area contributed by atoms with E-state index in [4.69, 9.17) is 10.5 Å². The Hall–Kier alpha value is -2.92. The van der Waals surface area contributed by atoms with Crippen molar-refractivity contribution in [1.82, 2.24) is 0 Å². The third-order valence-corrected chi connectivity index (χ3v) is 1.90. The monoisotopic (exact) mass is 225 g/mol. The van der Waals surface area contributed by atoms with Crippen molar-refractivity contribution < 1.29 is 4.92 Å². The smallest absolute Gasteiger partial charge is 0.258 e. The van der Waals surface area contributed by atoms with Gasteiger partial charge in [-0.3, -0.25) is 10.1 Å². The molecule has 0 radical (unpaired) electrons. The molecule has 0 saturated carbocycles. The van der Waals surface area contributed by atoms with E-state index in [0.29, 0.717) is 0 Å². The average Bonchev–Trinajstić information content (AvgIpc) is 2.35.